The molecule has 22 heavy (non-hydrogen) atoms. The molecule has 0 saturated carbocycles. The van der Waals surface area contributed by atoms with Gasteiger partial charge in [0.1, 0.15) is 5.69 Å². The maximum Gasteiger partial charge on any atom is 0.278 e. The van der Waals surface area contributed by atoms with E-state index in [0.29, 0.717) is 12.5 Å². The van der Waals surface area contributed by atoms with Crippen LogP contribution in [0.4, 0.5) is 5.69 Å². The number of carbonyl (C=O) groups is 1. The second-order valence-electron chi connectivity index (χ2n) is 6.10. The van der Waals surface area contributed by atoms with Gasteiger partial charge in [0.15, 0.2) is 0 Å². The van der Waals surface area contributed by atoms with E-state index in [9.17, 15) is 9.59 Å². The topological polar surface area (TPSA) is 66.1 Å². The maximum atomic E-state index is 12.8. The van der Waals surface area contributed by atoms with Crippen LogP contribution in [0.3, 0.4) is 0 Å². The summed E-state index contributed by atoms with van der Waals surface area (Å²) < 4.78 is 0. The molecule has 2 heterocycles. The summed E-state index contributed by atoms with van der Waals surface area (Å²) in [5.41, 5.74) is 4.51. The van der Waals surface area contributed by atoms with Gasteiger partial charge in [-0.1, -0.05) is 13.0 Å². The van der Waals surface area contributed by atoms with Crippen molar-refractivity contribution in [3.8, 4) is 0 Å². The number of fused-ring (bicyclic) bond motifs is 1. The fourth-order valence-electron chi connectivity index (χ4n) is 2.92. The fourth-order valence-corrected chi connectivity index (χ4v) is 2.92. The summed E-state index contributed by atoms with van der Waals surface area (Å²) in [6.07, 6.45) is 0.972. The Morgan fingerprint density at radius 1 is 1.27 bits per heavy atom. The molecule has 0 spiro atoms. The zero-order valence-electron chi connectivity index (χ0n) is 13.0. The van der Waals surface area contributed by atoms with Crippen molar-refractivity contribution in [2.75, 3.05) is 11.4 Å². The van der Waals surface area contributed by atoms with Crippen LogP contribution in [0.25, 0.3) is 0 Å². The van der Waals surface area contributed by atoms with Crippen LogP contribution in [-0.2, 0) is 6.42 Å². The molecule has 5 heteroatoms. The lowest BCUT2D eigenvalue weighted by Gasteiger charge is -2.33. The van der Waals surface area contributed by atoms with Crippen LogP contribution in [0.2, 0.25) is 0 Å². The molecular formula is C17H19N3O2. The normalized spacial score (nSPS) is 17.2. The van der Waals surface area contributed by atoms with Crippen LogP contribution in [-0.4, -0.2) is 22.6 Å². The molecule has 0 radical (unpaired) electrons. The molecule has 0 saturated heterocycles. The van der Waals surface area contributed by atoms with E-state index in [1.54, 1.807) is 4.90 Å². The number of aromatic nitrogens is 2. The van der Waals surface area contributed by atoms with Crippen LogP contribution < -0.4 is 10.5 Å². The summed E-state index contributed by atoms with van der Waals surface area (Å²) >= 11 is 0. The molecule has 2 aromatic rings. The number of nitrogens with zero attached hydrogens (tertiary/aromatic N) is 2. The molecule has 1 aromatic carbocycles. The van der Waals surface area contributed by atoms with Crippen molar-refractivity contribution in [1.82, 2.24) is 10.2 Å². The van der Waals surface area contributed by atoms with E-state index in [4.69, 9.17) is 0 Å². The first kappa shape index (κ1) is 14.5. The van der Waals surface area contributed by atoms with Crippen molar-refractivity contribution < 1.29 is 4.79 Å². The van der Waals surface area contributed by atoms with Gasteiger partial charge in [-0.2, -0.15) is 5.10 Å². The van der Waals surface area contributed by atoms with Crippen molar-refractivity contribution in [3.05, 3.63) is 57.0 Å². The Morgan fingerprint density at radius 3 is 2.68 bits per heavy atom. The first-order chi connectivity index (χ1) is 10.5. The summed E-state index contributed by atoms with van der Waals surface area (Å²) in [6.45, 7) is 6.94. The summed E-state index contributed by atoms with van der Waals surface area (Å²) in [7, 11) is 0. The average Bonchev–Trinajstić information content (AvgIpc) is 2.48. The standard InChI is InChI=1S/C17H19N3O2/c1-10-6-13-7-11(2)12(3)8-15(13)20(9-10)17(22)14-4-5-16(21)19-18-14/h4-5,7-8,10H,6,9H2,1-3H3,(H,19,21). The van der Waals surface area contributed by atoms with Crippen molar-refractivity contribution in [1.29, 1.82) is 0 Å². The van der Waals surface area contributed by atoms with Crippen molar-refractivity contribution in [2.24, 2.45) is 5.92 Å². The third-order valence-electron chi connectivity index (χ3n) is 4.19. The number of amides is 1. The molecule has 5 nitrogen and oxygen atoms in total. The first-order valence-corrected chi connectivity index (χ1v) is 7.43. The summed E-state index contributed by atoms with van der Waals surface area (Å²) in [5, 5.41) is 6.19. The SMILES string of the molecule is Cc1cc2c(cc1C)N(C(=O)c1ccc(=O)[nH]n1)CC(C)C2. The number of hydrogen-bond donors (Lipinski definition) is 1. The van der Waals surface area contributed by atoms with Crippen LogP contribution >= 0.6 is 0 Å². The van der Waals surface area contributed by atoms with Gasteiger partial charge in [0, 0.05) is 18.3 Å². The molecule has 1 aliphatic heterocycles. The van der Waals surface area contributed by atoms with Gasteiger partial charge in [-0.15, -0.1) is 0 Å². The van der Waals surface area contributed by atoms with E-state index in [0.717, 1.165) is 12.1 Å². The lowest BCUT2D eigenvalue weighted by atomic mass is 9.91. The Kier molecular flexibility index (Phi) is 3.56. The second-order valence-corrected chi connectivity index (χ2v) is 6.10. The molecule has 1 amide bonds. The Bertz CT molecular complexity index is 774. The molecule has 3 rings (SSSR count). The van der Waals surface area contributed by atoms with Gasteiger partial charge in [-0.25, -0.2) is 5.10 Å². The predicted octanol–water partition coefficient (Wildman–Crippen LogP) is 2.23. The average molecular weight is 297 g/mol. The summed E-state index contributed by atoms with van der Waals surface area (Å²) in [5.74, 6) is 0.216. The van der Waals surface area contributed by atoms with E-state index < -0.39 is 0 Å². The number of nitrogens with one attached hydrogen (secondary N) is 1. The third kappa shape index (κ3) is 2.54. The lowest BCUT2D eigenvalue weighted by Crippen LogP contribution is -2.40. The predicted molar refractivity (Wildman–Crippen MR) is 85.3 cm³/mol. The van der Waals surface area contributed by atoms with Gasteiger partial charge < -0.3 is 4.90 Å². The second kappa shape index (κ2) is 5.40. The number of hydrogen-bond acceptors (Lipinski definition) is 3. The highest BCUT2D eigenvalue weighted by atomic mass is 16.2. The number of aryl methyl sites for hydroxylation is 2. The first-order valence-electron chi connectivity index (χ1n) is 7.43. The third-order valence-corrected chi connectivity index (χ3v) is 4.19. The zero-order valence-corrected chi connectivity index (χ0v) is 13.0. The Morgan fingerprint density at radius 2 is 2.00 bits per heavy atom. The molecule has 0 fully saturated rings. The van der Waals surface area contributed by atoms with E-state index in [1.807, 2.05) is 0 Å². The Labute approximate surface area is 129 Å². The van der Waals surface area contributed by atoms with Gasteiger partial charge in [0.25, 0.3) is 11.5 Å². The van der Waals surface area contributed by atoms with Crippen LogP contribution in [0, 0.1) is 19.8 Å². The monoisotopic (exact) mass is 297 g/mol. The van der Waals surface area contributed by atoms with Crippen molar-refractivity contribution in [2.45, 2.75) is 27.2 Å². The maximum absolute atomic E-state index is 12.8. The number of benzene rings is 1. The van der Waals surface area contributed by atoms with Gasteiger partial charge in [0.2, 0.25) is 0 Å². The molecule has 1 aromatic heterocycles. The Balaban J connectivity index is 2.04. The highest BCUT2D eigenvalue weighted by Gasteiger charge is 2.28. The molecular weight excluding hydrogens is 278 g/mol. The number of aromatic amines is 1. The van der Waals surface area contributed by atoms with Crippen molar-refractivity contribution in [3.63, 3.8) is 0 Å². The van der Waals surface area contributed by atoms with Crippen LogP contribution in [0.15, 0.2) is 29.1 Å². The largest absolute Gasteiger partial charge is 0.306 e. The molecule has 0 aliphatic carbocycles. The zero-order chi connectivity index (χ0) is 15.9. The highest BCUT2D eigenvalue weighted by Crippen LogP contribution is 2.32. The van der Waals surface area contributed by atoms with Gasteiger partial charge in [-0.3, -0.25) is 9.59 Å². The number of anilines is 1. The number of carbonyl (C=O) groups excluding carboxylic acids is 1. The Hall–Kier alpha value is -2.43. The van der Waals surface area contributed by atoms with E-state index in [-0.39, 0.29) is 17.2 Å². The van der Waals surface area contributed by atoms with Gasteiger partial charge in [0.05, 0.1) is 0 Å². The van der Waals surface area contributed by atoms with E-state index in [1.165, 1.54) is 28.8 Å². The van der Waals surface area contributed by atoms with Crippen LogP contribution in [0.1, 0.15) is 34.1 Å². The molecule has 1 atom stereocenters. The minimum Gasteiger partial charge on any atom is -0.306 e. The lowest BCUT2D eigenvalue weighted by molar-refractivity contribution is 0.0975. The molecule has 1 N–H and O–H groups in total. The molecule has 1 aliphatic rings. The van der Waals surface area contributed by atoms with Crippen LogP contribution in [0.5, 0.6) is 0 Å². The van der Waals surface area contributed by atoms with Crippen molar-refractivity contribution >= 4 is 11.6 Å². The summed E-state index contributed by atoms with van der Waals surface area (Å²) in [4.78, 5) is 25.6. The van der Waals surface area contributed by atoms with E-state index in [2.05, 4.69) is 43.1 Å². The van der Waals surface area contributed by atoms with E-state index >= 15 is 0 Å². The van der Waals surface area contributed by atoms with Gasteiger partial charge in [-0.05, 0) is 55.0 Å². The minimum atomic E-state index is -0.310. The molecule has 0 bridgehead atoms. The minimum absolute atomic E-state index is 0.174. The molecule has 114 valence electrons. The smallest absolute Gasteiger partial charge is 0.278 e. The van der Waals surface area contributed by atoms with Gasteiger partial charge >= 0.3 is 0 Å². The number of H-pyrrole nitrogens is 1. The highest BCUT2D eigenvalue weighted by molar-refractivity contribution is 6.05. The molecule has 1 unspecified atom stereocenters. The fraction of sp³-hybridized carbons (Fsp3) is 0.353. The quantitative estimate of drug-likeness (QED) is 0.877. The summed E-state index contributed by atoms with van der Waals surface area (Å²) in [6, 6.07) is 7.04. The number of rotatable bonds is 1.